The number of likely N-dealkylation sites (tertiary alicyclic amines) is 1. The molecule has 1 aromatic carbocycles. The van der Waals surface area contributed by atoms with Gasteiger partial charge in [-0.2, -0.15) is 0 Å². The highest BCUT2D eigenvalue weighted by Gasteiger charge is 2.51. The van der Waals surface area contributed by atoms with E-state index < -0.39 is 5.54 Å². The number of nitrogens with zero attached hydrogens (tertiary/aromatic N) is 4. The van der Waals surface area contributed by atoms with Crippen molar-refractivity contribution in [1.29, 1.82) is 0 Å². The Labute approximate surface area is 199 Å². The molecule has 2 aliphatic heterocycles. The van der Waals surface area contributed by atoms with E-state index in [0.29, 0.717) is 25.3 Å². The van der Waals surface area contributed by atoms with Crippen LogP contribution in [0.3, 0.4) is 0 Å². The third kappa shape index (κ3) is 3.89. The minimum atomic E-state index is -0.531. The van der Waals surface area contributed by atoms with E-state index in [2.05, 4.69) is 25.8 Å². The van der Waals surface area contributed by atoms with Crippen molar-refractivity contribution in [2.24, 2.45) is 0 Å². The van der Waals surface area contributed by atoms with Crippen molar-refractivity contribution in [3.8, 4) is 11.6 Å². The van der Waals surface area contributed by atoms with Crippen LogP contribution in [0.15, 0.2) is 67.0 Å². The number of nitrogens with one attached hydrogen (secondary N) is 1. The van der Waals surface area contributed by atoms with Crippen LogP contribution in [0, 0.1) is 0 Å². The van der Waals surface area contributed by atoms with Crippen LogP contribution in [0.5, 0.6) is 5.75 Å². The Morgan fingerprint density at radius 2 is 1.94 bits per heavy atom. The Balaban J connectivity index is 1.44. The first kappa shape index (κ1) is 22.0. The fourth-order valence-corrected chi connectivity index (χ4v) is 5.04. The molecule has 2 aromatic heterocycles. The minimum Gasteiger partial charge on any atom is -0.484 e. The topological polar surface area (TPSA) is 79.7 Å². The maximum Gasteiger partial charge on any atom is 0.260 e. The molecule has 0 bridgehead atoms. The quantitative estimate of drug-likeness (QED) is 0.613. The average Bonchev–Trinajstić information content (AvgIpc) is 3.50. The number of carbonyl (C=O) groups is 2. The molecule has 8 heteroatoms. The van der Waals surface area contributed by atoms with Crippen LogP contribution in [0.4, 0.5) is 5.69 Å². The van der Waals surface area contributed by atoms with Crippen LogP contribution in [0.25, 0.3) is 5.82 Å². The molecule has 2 amide bonds. The number of aromatic nitrogens is 2. The predicted molar refractivity (Wildman–Crippen MR) is 129 cm³/mol. The van der Waals surface area contributed by atoms with Gasteiger partial charge in [-0.3, -0.25) is 9.59 Å². The summed E-state index contributed by atoms with van der Waals surface area (Å²) >= 11 is 0. The van der Waals surface area contributed by atoms with E-state index in [1.165, 1.54) is 0 Å². The van der Waals surface area contributed by atoms with Gasteiger partial charge in [-0.15, -0.1) is 0 Å². The average molecular weight is 460 g/mol. The zero-order valence-electron chi connectivity index (χ0n) is 19.5. The number of pyridine rings is 1. The van der Waals surface area contributed by atoms with Crippen molar-refractivity contribution in [3.05, 3.63) is 72.7 Å². The van der Waals surface area contributed by atoms with Gasteiger partial charge in [0, 0.05) is 31.5 Å². The van der Waals surface area contributed by atoms with E-state index in [1.807, 2.05) is 73.5 Å². The summed E-state index contributed by atoms with van der Waals surface area (Å²) in [7, 11) is 0. The molecule has 0 saturated carbocycles. The number of para-hydroxylation sites is 1. The molecule has 1 atom stereocenters. The molecule has 34 heavy (non-hydrogen) atoms. The molecule has 1 fully saturated rings. The molecular formula is C26H29N5O3. The van der Waals surface area contributed by atoms with Crippen molar-refractivity contribution in [1.82, 2.24) is 19.8 Å². The summed E-state index contributed by atoms with van der Waals surface area (Å²) in [5, 5.41) is 3.01. The maximum absolute atomic E-state index is 13.1. The third-order valence-electron chi connectivity index (χ3n) is 6.48. The molecule has 1 spiro atoms. The lowest BCUT2D eigenvalue weighted by Crippen LogP contribution is -2.56. The first-order chi connectivity index (χ1) is 16.5. The molecule has 4 heterocycles. The van der Waals surface area contributed by atoms with Crippen molar-refractivity contribution >= 4 is 17.5 Å². The van der Waals surface area contributed by atoms with E-state index in [4.69, 9.17) is 4.74 Å². The van der Waals surface area contributed by atoms with Gasteiger partial charge in [-0.1, -0.05) is 18.2 Å². The summed E-state index contributed by atoms with van der Waals surface area (Å²) in [5.74, 6) is 1.34. The SMILES string of the molecule is CC(C)NC(=O)CN1c2cccnc2-n2cccc2[C@]12CCN(C(=O)COc1ccccc1)C2. The number of rotatable bonds is 6. The molecule has 0 aliphatic carbocycles. The molecule has 5 rings (SSSR count). The zero-order valence-corrected chi connectivity index (χ0v) is 19.5. The van der Waals surface area contributed by atoms with Gasteiger partial charge in [-0.25, -0.2) is 4.98 Å². The van der Waals surface area contributed by atoms with Crippen molar-refractivity contribution in [2.45, 2.75) is 31.8 Å². The summed E-state index contributed by atoms with van der Waals surface area (Å²) in [5.41, 5.74) is 1.39. The van der Waals surface area contributed by atoms with Crippen LogP contribution >= 0.6 is 0 Å². The van der Waals surface area contributed by atoms with E-state index in [1.54, 1.807) is 6.20 Å². The van der Waals surface area contributed by atoms with Gasteiger partial charge >= 0.3 is 0 Å². The number of fused-ring (bicyclic) bond motifs is 4. The lowest BCUT2D eigenvalue weighted by molar-refractivity contribution is -0.132. The Kier molecular flexibility index (Phi) is 5.73. The maximum atomic E-state index is 13.1. The second kappa shape index (κ2) is 8.85. The number of carbonyl (C=O) groups excluding carboxylic acids is 2. The van der Waals surface area contributed by atoms with Crippen molar-refractivity contribution < 1.29 is 14.3 Å². The molecule has 1 N–H and O–H groups in total. The molecule has 2 aliphatic rings. The number of hydrogen-bond acceptors (Lipinski definition) is 5. The Bertz CT molecular complexity index is 1190. The number of anilines is 1. The lowest BCUT2D eigenvalue weighted by Gasteiger charge is -2.46. The first-order valence-electron chi connectivity index (χ1n) is 11.6. The molecular weight excluding hydrogens is 430 g/mol. The normalized spacial score (nSPS) is 18.7. The third-order valence-corrected chi connectivity index (χ3v) is 6.48. The summed E-state index contributed by atoms with van der Waals surface area (Å²) < 4.78 is 7.80. The van der Waals surface area contributed by atoms with E-state index in [0.717, 1.165) is 17.2 Å². The number of hydrogen-bond donors (Lipinski definition) is 1. The van der Waals surface area contributed by atoms with Gasteiger partial charge in [0.15, 0.2) is 12.4 Å². The highest BCUT2D eigenvalue weighted by molar-refractivity contribution is 5.84. The smallest absolute Gasteiger partial charge is 0.260 e. The predicted octanol–water partition coefficient (Wildman–Crippen LogP) is 2.72. The number of benzene rings is 1. The van der Waals surface area contributed by atoms with E-state index in [-0.39, 0.29) is 31.0 Å². The lowest BCUT2D eigenvalue weighted by atomic mass is 9.88. The molecule has 1 saturated heterocycles. The Morgan fingerprint density at radius 3 is 2.74 bits per heavy atom. The zero-order chi connectivity index (χ0) is 23.7. The largest absolute Gasteiger partial charge is 0.484 e. The van der Waals surface area contributed by atoms with Gasteiger partial charge in [0.2, 0.25) is 5.91 Å². The summed E-state index contributed by atoms with van der Waals surface area (Å²) in [4.78, 5) is 34.6. The summed E-state index contributed by atoms with van der Waals surface area (Å²) in [6.45, 7) is 5.12. The highest BCUT2D eigenvalue weighted by Crippen LogP contribution is 2.46. The second-order valence-corrected chi connectivity index (χ2v) is 9.12. The van der Waals surface area contributed by atoms with Crippen LogP contribution in [-0.4, -0.2) is 58.5 Å². The van der Waals surface area contributed by atoms with Crippen LogP contribution in [0.2, 0.25) is 0 Å². The first-order valence-corrected chi connectivity index (χ1v) is 11.6. The van der Waals surface area contributed by atoms with Crippen LogP contribution in [-0.2, 0) is 15.1 Å². The van der Waals surface area contributed by atoms with Gasteiger partial charge in [0.05, 0.1) is 17.9 Å². The molecule has 0 unspecified atom stereocenters. The molecule has 176 valence electrons. The molecule has 3 aromatic rings. The van der Waals surface area contributed by atoms with Crippen LogP contribution in [0.1, 0.15) is 26.0 Å². The summed E-state index contributed by atoms with van der Waals surface area (Å²) in [6.07, 6.45) is 4.47. The van der Waals surface area contributed by atoms with Gasteiger partial charge in [0.25, 0.3) is 5.91 Å². The van der Waals surface area contributed by atoms with E-state index in [9.17, 15) is 9.59 Å². The summed E-state index contributed by atoms with van der Waals surface area (Å²) in [6, 6.07) is 17.3. The standard InChI is InChI=1S/C26H29N5O3/c1-19(2)28-23(32)16-31-21-10-6-13-27-25(21)30-14-7-11-22(30)26(31)12-15-29(18-26)24(33)17-34-20-8-4-3-5-9-20/h3-11,13-14,19H,12,15-18H2,1-2H3,(H,28,32)/t26-/m1/s1. The molecule has 8 nitrogen and oxygen atoms in total. The Morgan fingerprint density at radius 1 is 1.12 bits per heavy atom. The van der Waals surface area contributed by atoms with Gasteiger partial charge < -0.3 is 24.4 Å². The number of amides is 2. The van der Waals surface area contributed by atoms with Crippen LogP contribution < -0.4 is 15.0 Å². The molecule has 0 radical (unpaired) electrons. The van der Waals surface area contributed by atoms with Gasteiger partial charge in [-0.05, 0) is 56.7 Å². The number of ether oxygens (including phenoxy) is 1. The van der Waals surface area contributed by atoms with Crippen molar-refractivity contribution in [3.63, 3.8) is 0 Å². The second-order valence-electron chi connectivity index (χ2n) is 9.12. The highest BCUT2D eigenvalue weighted by atomic mass is 16.5. The fourth-order valence-electron chi connectivity index (χ4n) is 5.04. The minimum absolute atomic E-state index is 0.0208. The fraction of sp³-hybridized carbons (Fsp3) is 0.346. The van der Waals surface area contributed by atoms with E-state index >= 15 is 0 Å². The monoisotopic (exact) mass is 459 g/mol. The van der Waals surface area contributed by atoms with Gasteiger partial charge in [0.1, 0.15) is 11.3 Å². The Hall–Kier alpha value is -3.81. The van der Waals surface area contributed by atoms with Crippen molar-refractivity contribution in [2.75, 3.05) is 31.1 Å².